The second-order valence-electron chi connectivity index (χ2n) is 1.44. The Morgan fingerprint density at radius 1 is 2.00 bits per heavy atom. The van der Waals surface area contributed by atoms with E-state index in [1.807, 2.05) is 6.07 Å². The molecule has 0 fully saturated rings. The lowest BCUT2D eigenvalue weighted by atomic mass is 10.2. The molecule has 3 heteroatoms. The van der Waals surface area contributed by atoms with E-state index in [4.69, 9.17) is 11.1 Å². The van der Waals surface area contributed by atoms with Gasteiger partial charge in [-0.15, -0.1) is 0 Å². The van der Waals surface area contributed by atoms with Gasteiger partial charge >= 0.3 is 0 Å². The van der Waals surface area contributed by atoms with Crippen LogP contribution in [0.1, 0.15) is 6.92 Å². The number of nitrogens with two attached hydrogens (primary N) is 1. The molecule has 0 bridgehead atoms. The predicted octanol–water partition coefficient (Wildman–Crippen LogP) is -0.391. The zero-order valence-corrected chi connectivity index (χ0v) is 4.31. The number of hydrogen-bond acceptors (Lipinski definition) is 3. The molecule has 0 aromatic carbocycles. The van der Waals surface area contributed by atoms with Gasteiger partial charge < -0.3 is 0 Å². The lowest BCUT2D eigenvalue weighted by Gasteiger charge is -1.95. The summed E-state index contributed by atoms with van der Waals surface area (Å²) in [6, 6.07) is 2.02. The number of rotatable bonds is 2. The van der Waals surface area contributed by atoms with E-state index in [0.717, 1.165) is 0 Å². The molecule has 0 saturated heterocycles. The zero-order chi connectivity index (χ0) is 5.70. The van der Waals surface area contributed by atoms with Crippen molar-refractivity contribution in [1.82, 2.24) is 5.43 Å². The van der Waals surface area contributed by atoms with E-state index < -0.39 is 0 Å². The van der Waals surface area contributed by atoms with Gasteiger partial charge in [0.1, 0.15) is 0 Å². The molecular formula is C4H9N3. The summed E-state index contributed by atoms with van der Waals surface area (Å²) in [5.74, 6) is 4.92. The van der Waals surface area contributed by atoms with Crippen molar-refractivity contribution in [2.45, 2.75) is 6.92 Å². The first-order valence-corrected chi connectivity index (χ1v) is 2.14. The Morgan fingerprint density at radius 2 is 2.57 bits per heavy atom. The quantitative estimate of drug-likeness (QED) is 0.366. The molecule has 0 aliphatic heterocycles. The molecule has 0 amide bonds. The van der Waals surface area contributed by atoms with Crippen molar-refractivity contribution in [3.8, 4) is 6.07 Å². The first kappa shape index (κ1) is 6.41. The Hall–Kier alpha value is -0.590. The van der Waals surface area contributed by atoms with Gasteiger partial charge in [0.15, 0.2) is 0 Å². The highest BCUT2D eigenvalue weighted by Gasteiger charge is 1.92. The highest BCUT2D eigenvalue weighted by atomic mass is 15.2. The molecule has 0 aliphatic carbocycles. The van der Waals surface area contributed by atoms with Crippen molar-refractivity contribution in [3.63, 3.8) is 0 Å². The minimum atomic E-state index is 0.0185. The van der Waals surface area contributed by atoms with E-state index in [1.165, 1.54) is 0 Å². The van der Waals surface area contributed by atoms with E-state index in [9.17, 15) is 0 Å². The first-order chi connectivity index (χ1) is 3.31. The first-order valence-electron chi connectivity index (χ1n) is 2.14. The molecule has 3 nitrogen and oxygen atoms in total. The number of nitriles is 1. The summed E-state index contributed by atoms with van der Waals surface area (Å²) < 4.78 is 0. The van der Waals surface area contributed by atoms with Crippen LogP contribution in [0.15, 0.2) is 0 Å². The van der Waals surface area contributed by atoms with E-state index in [2.05, 4.69) is 5.43 Å². The molecule has 0 heterocycles. The van der Waals surface area contributed by atoms with Crippen molar-refractivity contribution >= 4 is 0 Å². The molecule has 0 saturated carbocycles. The molecule has 0 spiro atoms. The molecule has 40 valence electrons. The topological polar surface area (TPSA) is 61.8 Å². The summed E-state index contributed by atoms with van der Waals surface area (Å²) >= 11 is 0. The molecule has 0 radical (unpaired) electrons. The normalized spacial score (nSPS) is 12.7. The lowest BCUT2D eigenvalue weighted by Crippen LogP contribution is -2.26. The van der Waals surface area contributed by atoms with Crippen LogP contribution in [0, 0.1) is 17.2 Å². The maximum absolute atomic E-state index is 8.12. The molecule has 0 aliphatic rings. The van der Waals surface area contributed by atoms with Gasteiger partial charge in [-0.05, 0) is 6.92 Å². The van der Waals surface area contributed by atoms with Gasteiger partial charge in [0, 0.05) is 6.54 Å². The van der Waals surface area contributed by atoms with Crippen molar-refractivity contribution in [3.05, 3.63) is 0 Å². The molecule has 7 heavy (non-hydrogen) atoms. The van der Waals surface area contributed by atoms with Gasteiger partial charge in [-0.1, -0.05) is 0 Å². The van der Waals surface area contributed by atoms with Gasteiger partial charge in [0.05, 0.1) is 12.0 Å². The molecule has 0 aromatic heterocycles. The van der Waals surface area contributed by atoms with Crippen molar-refractivity contribution in [2.75, 3.05) is 6.54 Å². The SMILES string of the molecule is C[C@@H](C#N)CNN. The Kier molecular flexibility index (Phi) is 3.29. The number of nitrogens with one attached hydrogen (secondary N) is 1. The van der Waals surface area contributed by atoms with Crippen LogP contribution in [0.2, 0.25) is 0 Å². The Bertz CT molecular complexity index is 73.5. The van der Waals surface area contributed by atoms with Crippen LogP contribution in [0.4, 0.5) is 0 Å². The third-order valence-electron chi connectivity index (χ3n) is 0.644. The number of nitrogens with zero attached hydrogens (tertiary/aromatic N) is 1. The summed E-state index contributed by atoms with van der Waals surface area (Å²) in [6.45, 7) is 2.37. The van der Waals surface area contributed by atoms with Crippen LogP contribution in [0.3, 0.4) is 0 Å². The highest BCUT2D eigenvalue weighted by Crippen LogP contribution is 1.83. The fourth-order valence-corrected chi connectivity index (χ4v) is 0.222. The van der Waals surface area contributed by atoms with Gasteiger partial charge in [-0.25, -0.2) is 0 Å². The van der Waals surface area contributed by atoms with Gasteiger partial charge in [0.2, 0.25) is 0 Å². The maximum Gasteiger partial charge on any atom is 0.0666 e. The standard InChI is InChI=1S/C4H9N3/c1-4(2-5)3-7-6/h4,7H,3,6H2,1H3/t4-/m0/s1. The summed E-state index contributed by atoms with van der Waals surface area (Å²) in [5, 5.41) is 8.12. The summed E-state index contributed by atoms with van der Waals surface area (Å²) in [5.41, 5.74) is 2.40. The monoisotopic (exact) mass is 99.1 g/mol. The molecule has 0 aromatic rings. The largest absolute Gasteiger partial charge is 0.271 e. The van der Waals surface area contributed by atoms with Crippen LogP contribution in [0.5, 0.6) is 0 Å². The van der Waals surface area contributed by atoms with Gasteiger partial charge in [-0.2, -0.15) is 5.26 Å². The fraction of sp³-hybridized carbons (Fsp3) is 0.750. The molecule has 0 unspecified atom stereocenters. The minimum Gasteiger partial charge on any atom is -0.271 e. The van der Waals surface area contributed by atoms with E-state index >= 15 is 0 Å². The van der Waals surface area contributed by atoms with Crippen molar-refractivity contribution < 1.29 is 0 Å². The van der Waals surface area contributed by atoms with Crippen LogP contribution >= 0.6 is 0 Å². The number of hydrazine groups is 1. The number of hydrogen-bond donors (Lipinski definition) is 2. The van der Waals surface area contributed by atoms with Gasteiger partial charge in [0.25, 0.3) is 0 Å². The summed E-state index contributed by atoms with van der Waals surface area (Å²) in [4.78, 5) is 0. The Balaban J connectivity index is 3.04. The maximum atomic E-state index is 8.12. The lowest BCUT2D eigenvalue weighted by molar-refractivity contribution is 0.625. The minimum absolute atomic E-state index is 0.0185. The third-order valence-corrected chi connectivity index (χ3v) is 0.644. The van der Waals surface area contributed by atoms with E-state index in [-0.39, 0.29) is 5.92 Å². The van der Waals surface area contributed by atoms with Crippen LogP contribution < -0.4 is 11.3 Å². The average molecular weight is 99.1 g/mol. The summed E-state index contributed by atoms with van der Waals surface area (Å²) in [7, 11) is 0. The van der Waals surface area contributed by atoms with Crippen LogP contribution in [0.25, 0.3) is 0 Å². The highest BCUT2D eigenvalue weighted by molar-refractivity contribution is 4.78. The Morgan fingerprint density at radius 3 is 2.71 bits per heavy atom. The van der Waals surface area contributed by atoms with Crippen LogP contribution in [-0.2, 0) is 0 Å². The second kappa shape index (κ2) is 3.59. The molecule has 0 rings (SSSR count). The third kappa shape index (κ3) is 3.23. The second-order valence-corrected chi connectivity index (χ2v) is 1.44. The predicted molar refractivity (Wildman–Crippen MR) is 27.0 cm³/mol. The van der Waals surface area contributed by atoms with E-state index in [0.29, 0.717) is 6.54 Å². The molecular weight excluding hydrogens is 90.1 g/mol. The Labute approximate surface area is 43.1 Å². The van der Waals surface area contributed by atoms with Crippen molar-refractivity contribution in [2.24, 2.45) is 11.8 Å². The van der Waals surface area contributed by atoms with E-state index in [1.54, 1.807) is 6.92 Å². The zero-order valence-electron chi connectivity index (χ0n) is 4.31. The molecule has 3 N–H and O–H groups in total. The van der Waals surface area contributed by atoms with Gasteiger partial charge in [-0.3, -0.25) is 11.3 Å². The molecule has 1 atom stereocenters. The smallest absolute Gasteiger partial charge is 0.0666 e. The average Bonchev–Trinajstić information content (AvgIpc) is 1.68. The van der Waals surface area contributed by atoms with Crippen LogP contribution in [-0.4, -0.2) is 6.54 Å². The van der Waals surface area contributed by atoms with Crippen molar-refractivity contribution in [1.29, 1.82) is 5.26 Å². The fourth-order valence-electron chi connectivity index (χ4n) is 0.222. The summed E-state index contributed by atoms with van der Waals surface area (Å²) in [6.07, 6.45) is 0.